The summed E-state index contributed by atoms with van der Waals surface area (Å²) in [6.07, 6.45) is 0. The first-order valence-electron chi connectivity index (χ1n) is 8.38. The monoisotopic (exact) mass is 401 g/mol. The van der Waals surface area contributed by atoms with Gasteiger partial charge in [-0.1, -0.05) is 24.3 Å². The van der Waals surface area contributed by atoms with Crippen molar-refractivity contribution in [1.82, 2.24) is 0 Å². The Labute approximate surface area is 162 Å². The van der Waals surface area contributed by atoms with E-state index in [0.717, 1.165) is 10.8 Å². The molecule has 0 aliphatic rings. The molecule has 0 aromatic heterocycles. The van der Waals surface area contributed by atoms with E-state index in [1.54, 1.807) is 19.2 Å². The van der Waals surface area contributed by atoms with Crippen LogP contribution in [0, 0.1) is 0 Å². The third-order valence-corrected chi connectivity index (χ3v) is 4.99. The smallest absolute Gasteiger partial charge is 0.338 e. The van der Waals surface area contributed by atoms with Gasteiger partial charge in [0.15, 0.2) is 0 Å². The molecule has 0 radical (unpaired) electrons. The first kappa shape index (κ1) is 19.7. The van der Waals surface area contributed by atoms with Gasteiger partial charge in [-0.05, 0) is 41.8 Å². The summed E-state index contributed by atoms with van der Waals surface area (Å²) in [4.78, 5) is 12.4. The van der Waals surface area contributed by atoms with Crippen molar-refractivity contribution >= 4 is 26.8 Å². The van der Waals surface area contributed by atoms with Crippen LogP contribution in [0.5, 0.6) is 11.5 Å². The van der Waals surface area contributed by atoms with Crippen LogP contribution in [0.15, 0.2) is 65.6 Å². The van der Waals surface area contributed by atoms with E-state index in [0.29, 0.717) is 17.1 Å². The van der Waals surface area contributed by atoms with E-state index in [2.05, 4.69) is 0 Å². The third-order valence-electron chi connectivity index (χ3n) is 4.06. The number of rotatable bonds is 7. The Morgan fingerprint density at radius 2 is 1.61 bits per heavy atom. The van der Waals surface area contributed by atoms with Crippen molar-refractivity contribution in [3.8, 4) is 11.5 Å². The highest BCUT2D eigenvalue weighted by Gasteiger charge is 2.14. The normalized spacial score (nSPS) is 11.2. The molecule has 0 saturated heterocycles. The van der Waals surface area contributed by atoms with Gasteiger partial charge in [-0.15, -0.1) is 0 Å². The van der Waals surface area contributed by atoms with Crippen LogP contribution in [0.3, 0.4) is 0 Å². The van der Waals surface area contributed by atoms with E-state index in [1.807, 2.05) is 24.3 Å². The maximum atomic E-state index is 12.4. The van der Waals surface area contributed by atoms with E-state index < -0.39 is 16.0 Å². The third kappa shape index (κ3) is 4.41. The Morgan fingerprint density at radius 1 is 0.929 bits per heavy atom. The summed E-state index contributed by atoms with van der Waals surface area (Å²) in [6, 6.07) is 16.5. The molecule has 3 aromatic carbocycles. The Hall–Kier alpha value is -3.10. The fraction of sp³-hybridized carbons (Fsp3) is 0.150. The summed E-state index contributed by atoms with van der Waals surface area (Å²) >= 11 is 0. The molecule has 3 aromatic rings. The SMILES string of the molecule is COc1ccc(C(=O)OCCOc2ccc(S(N)(=O)=O)cc2)c2ccccc12. The minimum atomic E-state index is -3.74. The zero-order valence-electron chi connectivity index (χ0n) is 15.1. The Morgan fingerprint density at radius 3 is 2.25 bits per heavy atom. The lowest BCUT2D eigenvalue weighted by Gasteiger charge is -2.11. The minimum absolute atomic E-state index is 0.00217. The first-order chi connectivity index (χ1) is 13.4. The van der Waals surface area contributed by atoms with Gasteiger partial charge < -0.3 is 14.2 Å². The molecule has 0 bridgehead atoms. The van der Waals surface area contributed by atoms with Gasteiger partial charge in [-0.2, -0.15) is 0 Å². The molecule has 0 atom stereocenters. The van der Waals surface area contributed by atoms with Crippen molar-refractivity contribution in [3.05, 3.63) is 66.2 Å². The highest BCUT2D eigenvalue weighted by Crippen LogP contribution is 2.28. The van der Waals surface area contributed by atoms with E-state index in [9.17, 15) is 13.2 Å². The van der Waals surface area contributed by atoms with Crippen LogP contribution in [0.4, 0.5) is 0 Å². The summed E-state index contributed by atoms with van der Waals surface area (Å²) in [5.74, 6) is 0.656. The second kappa shape index (κ2) is 8.28. The van der Waals surface area contributed by atoms with Crippen LogP contribution in [-0.2, 0) is 14.8 Å². The number of primary sulfonamides is 1. The molecule has 0 heterocycles. The van der Waals surface area contributed by atoms with Crippen LogP contribution in [0.1, 0.15) is 10.4 Å². The number of hydrogen-bond donors (Lipinski definition) is 1. The van der Waals surface area contributed by atoms with Gasteiger partial charge in [0.1, 0.15) is 24.7 Å². The molecule has 0 unspecified atom stereocenters. The number of benzene rings is 3. The van der Waals surface area contributed by atoms with Crippen LogP contribution in [-0.4, -0.2) is 34.7 Å². The molecule has 3 rings (SSSR count). The van der Waals surface area contributed by atoms with Crippen molar-refractivity contribution in [3.63, 3.8) is 0 Å². The molecule has 0 spiro atoms. The van der Waals surface area contributed by atoms with E-state index >= 15 is 0 Å². The Kier molecular flexibility index (Phi) is 5.81. The molecule has 0 aliphatic carbocycles. The van der Waals surface area contributed by atoms with Crippen molar-refractivity contribution in [1.29, 1.82) is 0 Å². The van der Waals surface area contributed by atoms with Crippen LogP contribution in [0.25, 0.3) is 10.8 Å². The summed E-state index contributed by atoms with van der Waals surface area (Å²) < 4.78 is 38.5. The number of carbonyl (C=O) groups is 1. The molecular formula is C20H19NO6S. The summed E-state index contributed by atoms with van der Waals surface area (Å²) in [5.41, 5.74) is 0.439. The maximum Gasteiger partial charge on any atom is 0.338 e. The molecule has 146 valence electrons. The first-order valence-corrected chi connectivity index (χ1v) is 9.93. The molecule has 2 N–H and O–H groups in total. The van der Waals surface area contributed by atoms with Crippen molar-refractivity contribution in [2.24, 2.45) is 5.14 Å². The molecule has 7 nitrogen and oxygen atoms in total. The molecular weight excluding hydrogens is 382 g/mol. The van der Waals surface area contributed by atoms with Gasteiger partial charge in [0.05, 0.1) is 17.6 Å². The predicted octanol–water partition coefficient (Wildman–Crippen LogP) is 2.73. The Balaban J connectivity index is 1.60. The van der Waals surface area contributed by atoms with E-state index in [1.165, 1.54) is 24.3 Å². The average Bonchev–Trinajstić information content (AvgIpc) is 2.70. The zero-order chi connectivity index (χ0) is 20.1. The largest absolute Gasteiger partial charge is 0.496 e. The van der Waals surface area contributed by atoms with Gasteiger partial charge in [0.25, 0.3) is 0 Å². The summed E-state index contributed by atoms with van der Waals surface area (Å²) in [6.45, 7) is 0.157. The molecule has 8 heteroatoms. The average molecular weight is 401 g/mol. The van der Waals surface area contributed by atoms with Gasteiger partial charge >= 0.3 is 5.97 Å². The number of sulfonamides is 1. The van der Waals surface area contributed by atoms with E-state index in [-0.39, 0.29) is 18.1 Å². The fourth-order valence-electron chi connectivity index (χ4n) is 2.72. The lowest BCUT2D eigenvalue weighted by molar-refractivity contribution is 0.0452. The van der Waals surface area contributed by atoms with Gasteiger partial charge in [-0.3, -0.25) is 0 Å². The number of carbonyl (C=O) groups excluding carboxylic acids is 1. The lowest BCUT2D eigenvalue weighted by Crippen LogP contribution is -2.13. The highest BCUT2D eigenvalue weighted by atomic mass is 32.2. The second-order valence-electron chi connectivity index (χ2n) is 5.86. The quantitative estimate of drug-likeness (QED) is 0.482. The zero-order valence-corrected chi connectivity index (χ0v) is 15.9. The van der Waals surface area contributed by atoms with Crippen molar-refractivity contribution in [2.75, 3.05) is 20.3 Å². The topological polar surface area (TPSA) is 105 Å². The number of ether oxygens (including phenoxy) is 3. The highest BCUT2D eigenvalue weighted by molar-refractivity contribution is 7.89. The maximum absolute atomic E-state index is 12.4. The molecule has 0 fully saturated rings. The molecule has 0 aliphatic heterocycles. The summed E-state index contributed by atoms with van der Waals surface area (Å²) in [5, 5.41) is 6.61. The number of fused-ring (bicyclic) bond motifs is 1. The number of esters is 1. The van der Waals surface area contributed by atoms with E-state index in [4.69, 9.17) is 19.3 Å². The number of hydrogen-bond acceptors (Lipinski definition) is 6. The van der Waals surface area contributed by atoms with Crippen LogP contribution < -0.4 is 14.6 Å². The van der Waals surface area contributed by atoms with Crippen LogP contribution >= 0.6 is 0 Å². The molecule has 0 saturated carbocycles. The Bertz CT molecular complexity index is 1090. The van der Waals surface area contributed by atoms with Gasteiger partial charge in [-0.25, -0.2) is 18.4 Å². The number of nitrogens with two attached hydrogens (primary N) is 1. The molecule has 0 amide bonds. The second-order valence-corrected chi connectivity index (χ2v) is 7.42. The fourth-order valence-corrected chi connectivity index (χ4v) is 3.24. The van der Waals surface area contributed by atoms with Gasteiger partial charge in [0, 0.05) is 5.39 Å². The van der Waals surface area contributed by atoms with Crippen molar-refractivity contribution in [2.45, 2.75) is 4.90 Å². The summed E-state index contributed by atoms with van der Waals surface area (Å²) in [7, 11) is -2.17. The number of methoxy groups -OCH3 is 1. The van der Waals surface area contributed by atoms with Gasteiger partial charge in [0.2, 0.25) is 10.0 Å². The minimum Gasteiger partial charge on any atom is -0.496 e. The van der Waals surface area contributed by atoms with Crippen molar-refractivity contribution < 1.29 is 27.4 Å². The lowest BCUT2D eigenvalue weighted by atomic mass is 10.0. The predicted molar refractivity (Wildman–Crippen MR) is 104 cm³/mol. The standard InChI is InChI=1S/C20H19NO6S/c1-25-19-11-10-18(16-4-2-3-5-17(16)19)20(22)27-13-12-26-14-6-8-15(9-7-14)28(21,23)24/h2-11H,12-13H2,1H3,(H2,21,23,24). The molecule has 28 heavy (non-hydrogen) atoms. The van der Waals surface area contributed by atoms with Crippen LogP contribution in [0.2, 0.25) is 0 Å².